The molecule has 0 radical (unpaired) electrons. The minimum Gasteiger partial charge on any atom is -0.367 e. The molecular formula is C13H10BrFN2S. The maximum atomic E-state index is 14.1. The topological polar surface area (TPSA) is 27.0 Å². The molecule has 0 saturated heterocycles. The maximum absolute atomic E-state index is 14.1. The van der Waals surface area contributed by atoms with Gasteiger partial charge in [-0.3, -0.25) is 0 Å². The Morgan fingerprint density at radius 2 is 2.22 bits per heavy atom. The number of nitrogens with zero attached hydrogens (tertiary/aromatic N) is 2. The van der Waals surface area contributed by atoms with E-state index in [1.165, 1.54) is 0 Å². The minimum absolute atomic E-state index is 0.223. The van der Waals surface area contributed by atoms with Gasteiger partial charge in [-0.15, -0.1) is 11.3 Å². The van der Waals surface area contributed by atoms with Crippen molar-refractivity contribution in [2.24, 2.45) is 0 Å². The Balaban J connectivity index is 2.29. The van der Waals surface area contributed by atoms with Crippen molar-refractivity contribution < 1.29 is 4.39 Å². The van der Waals surface area contributed by atoms with Crippen LogP contribution in [0.15, 0.2) is 34.1 Å². The number of rotatable bonds is 3. The molecular weight excluding hydrogens is 315 g/mol. The van der Waals surface area contributed by atoms with E-state index in [1.807, 2.05) is 35.5 Å². The van der Waals surface area contributed by atoms with Gasteiger partial charge in [0, 0.05) is 11.9 Å². The molecule has 0 bridgehead atoms. The molecule has 1 aromatic heterocycles. The molecule has 0 aliphatic rings. The van der Waals surface area contributed by atoms with Crippen molar-refractivity contribution in [2.75, 3.05) is 11.9 Å². The highest BCUT2D eigenvalue weighted by molar-refractivity contribution is 9.10. The van der Waals surface area contributed by atoms with E-state index in [1.54, 1.807) is 23.5 Å². The molecule has 0 fully saturated rings. The number of anilines is 1. The summed E-state index contributed by atoms with van der Waals surface area (Å²) in [5.41, 5.74) is 0.787. The summed E-state index contributed by atoms with van der Waals surface area (Å²) < 4.78 is 14.3. The summed E-state index contributed by atoms with van der Waals surface area (Å²) >= 11 is 4.75. The molecule has 2 rings (SSSR count). The molecule has 92 valence electrons. The first kappa shape index (κ1) is 13.1. The smallest absolute Gasteiger partial charge is 0.161 e. The van der Waals surface area contributed by atoms with Gasteiger partial charge in [-0.1, -0.05) is 6.07 Å². The Morgan fingerprint density at radius 1 is 1.44 bits per heavy atom. The number of hydrogen-bond acceptors (Lipinski definition) is 3. The molecule has 0 aliphatic heterocycles. The van der Waals surface area contributed by atoms with Crippen molar-refractivity contribution in [3.05, 3.63) is 50.4 Å². The van der Waals surface area contributed by atoms with Crippen molar-refractivity contribution in [3.63, 3.8) is 0 Å². The second-order valence-corrected chi connectivity index (χ2v) is 5.63. The number of hydrogen-bond donors (Lipinski definition) is 0. The van der Waals surface area contributed by atoms with Crippen LogP contribution in [-0.4, -0.2) is 7.05 Å². The van der Waals surface area contributed by atoms with Crippen LogP contribution in [0, 0.1) is 17.1 Å². The predicted octanol–water partition coefficient (Wildman–Crippen LogP) is 4.16. The Hall–Kier alpha value is -1.38. The van der Waals surface area contributed by atoms with E-state index in [2.05, 4.69) is 15.9 Å². The molecule has 0 saturated carbocycles. The highest BCUT2D eigenvalue weighted by Gasteiger charge is 2.14. The summed E-state index contributed by atoms with van der Waals surface area (Å²) in [4.78, 5) is 2.99. The largest absolute Gasteiger partial charge is 0.367 e. The zero-order valence-electron chi connectivity index (χ0n) is 9.65. The van der Waals surface area contributed by atoms with Crippen molar-refractivity contribution in [1.82, 2.24) is 0 Å². The summed E-state index contributed by atoms with van der Waals surface area (Å²) in [6, 6.07) is 9.18. The Bertz CT molecular complexity index is 590. The van der Waals surface area contributed by atoms with Gasteiger partial charge in [-0.05, 0) is 39.5 Å². The van der Waals surface area contributed by atoms with Crippen LogP contribution in [-0.2, 0) is 6.54 Å². The van der Waals surface area contributed by atoms with E-state index >= 15 is 0 Å². The monoisotopic (exact) mass is 324 g/mol. The average Bonchev–Trinajstić information content (AvgIpc) is 2.85. The van der Waals surface area contributed by atoms with Gasteiger partial charge in [0.25, 0.3) is 0 Å². The molecule has 1 heterocycles. The molecule has 5 heteroatoms. The van der Waals surface area contributed by atoms with E-state index in [-0.39, 0.29) is 4.47 Å². The normalized spacial score (nSPS) is 10.1. The number of benzene rings is 1. The van der Waals surface area contributed by atoms with Gasteiger partial charge in [0.1, 0.15) is 6.07 Å². The van der Waals surface area contributed by atoms with Crippen LogP contribution in [0.4, 0.5) is 10.1 Å². The zero-order chi connectivity index (χ0) is 13.1. The molecule has 0 aliphatic carbocycles. The molecule has 0 unspecified atom stereocenters. The van der Waals surface area contributed by atoms with Crippen LogP contribution in [0.3, 0.4) is 0 Å². The van der Waals surface area contributed by atoms with Crippen LogP contribution in [0.2, 0.25) is 0 Å². The molecule has 0 spiro atoms. The number of thiophene rings is 1. The molecule has 2 aromatic rings. The van der Waals surface area contributed by atoms with Crippen LogP contribution < -0.4 is 4.90 Å². The fourth-order valence-corrected chi connectivity index (χ4v) is 2.82. The van der Waals surface area contributed by atoms with Gasteiger partial charge in [0.05, 0.1) is 22.3 Å². The van der Waals surface area contributed by atoms with E-state index in [4.69, 9.17) is 5.26 Å². The van der Waals surface area contributed by atoms with Gasteiger partial charge >= 0.3 is 0 Å². The van der Waals surface area contributed by atoms with Crippen LogP contribution in [0.25, 0.3) is 0 Å². The fourth-order valence-electron chi connectivity index (χ4n) is 1.64. The minimum atomic E-state index is -0.395. The Morgan fingerprint density at radius 3 is 2.83 bits per heavy atom. The lowest BCUT2D eigenvalue weighted by atomic mass is 10.2. The SMILES string of the molecule is CN(Cc1cccs1)c1ccc(C#N)c(Br)c1F. The second kappa shape index (κ2) is 5.51. The van der Waals surface area contributed by atoms with Gasteiger partial charge in [-0.2, -0.15) is 5.26 Å². The van der Waals surface area contributed by atoms with E-state index in [0.29, 0.717) is 17.8 Å². The van der Waals surface area contributed by atoms with Gasteiger partial charge in [0.15, 0.2) is 5.82 Å². The van der Waals surface area contributed by atoms with E-state index < -0.39 is 5.82 Å². The predicted molar refractivity (Wildman–Crippen MR) is 75.2 cm³/mol. The lowest BCUT2D eigenvalue weighted by Crippen LogP contribution is -2.17. The standard InChI is InChI=1S/C13H10BrFN2S/c1-17(8-10-3-2-6-18-10)11-5-4-9(7-16)12(14)13(11)15/h2-6H,8H2,1H3. The lowest BCUT2D eigenvalue weighted by molar-refractivity contribution is 0.615. The first-order valence-corrected chi connectivity index (χ1v) is 6.92. The molecule has 1 aromatic carbocycles. The number of nitriles is 1. The second-order valence-electron chi connectivity index (χ2n) is 3.81. The maximum Gasteiger partial charge on any atom is 0.161 e. The Labute approximate surface area is 117 Å². The summed E-state index contributed by atoms with van der Waals surface area (Å²) in [7, 11) is 1.83. The summed E-state index contributed by atoms with van der Waals surface area (Å²) in [5, 5.41) is 10.8. The highest BCUT2D eigenvalue weighted by Crippen LogP contribution is 2.29. The molecule has 18 heavy (non-hydrogen) atoms. The van der Waals surface area contributed by atoms with E-state index in [9.17, 15) is 4.39 Å². The van der Waals surface area contributed by atoms with E-state index in [0.717, 1.165) is 4.88 Å². The Kier molecular flexibility index (Phi) is 4.00. The van der Waals surface area contributed by atoms with Crippen LogP contribution in [0.5, 0.6) is 0 Å². The summed E-state index contributed by atoms with van der Waals surface area (Å²) in [5.74, 6) is -0.395. The third kappa shape index (κ3) is 2.55. The molecule has 0 atom stereocenters. The molecule has 0 N–H and O–H groups in total. The quantitative estimate of drug-likeness (QED) is 0.847. The molecule has 0 amide bonds. The van der Waals surface area contributed by atoms with Crippen LogP contribution >= 0.6 is 27.3 Å². The van der Waals surface area contributed by atoms with Crippen molar-refractivity contribution in [1.29, 1.82) is 5.26 Å². The van der Waals surface area contributed by atoms with Gasteiger partial charge in [-0.25, -0.2) is 4.39 Å². The summed E-state index contributed by atoms with van der Waals surface area (Å²) in [6.07, 6.45) is 0. The zero-order valence-corrected chi connectivity index (χ0v) is 12.1. The van der Waals surface area contributed by atoms with Crippen molar-refractivity contribution >= 4 is 33.0 Å². The lowest BCUT2D eigenvalue weighted by Gasteiger charge is -2.19. The summed E-state index contributed by atoms with van der Waals surface area (Å²) in [6.45, 7) is 0.646. The average molecular weight is 325 g/mol. The molecule has 2 nitrogen and oxygen atoms in total. The van der Waals surface area contributed by atoms with Crippen molar-refractivity contribution in [2.45, 2.75) is 6.54 Å². The number of halogens is 2. The van der Waals surface area contributed by atoms with Crippen LogP contribution in [0.1, 0.15) is 10.4 Å². The fraction of sp³-hybridized carbons (Fsp3) is 0.154. The third-order valence-corrected chi connectivity index (χ3v) is 4.20. The first-order valence-electron chi connectivity index (χ1n) is 5.25. The van der Waals surface area contributed by atoms with Crippen molar-refractivity contribution in [3.8, 4) is 6.07 Å². The van der Waals surface area contributed by atoms with Gasteiger partial charge in [0.2, 0.25) is 0 Å². The first-order chi connectivity index (χ1) is 8.63. The third-order valence-electron chi connectivity index (χ3n) is 2.57. The highest BCUT2D eigenvalue weighted by atomic mass is 79.9. The van der Waals surface area contributed by atoms with Gasteiger partial charge < -0.3 is 4.90 Å².